The highest BCUT2D eigenvalue weighted by atomic mass is 79.9. The first kappa shape index (κ1) is 13.9. The average Bonchev–Trinajstić information content (AvgIpc) is 3.07. The van der Waals surface area contributed by atoms with E-state index in [0.29, 0.717) is 0 Å². The number of anilines is 1. The molecule has 0 saturated carbocycles. The van der Waals surface area contributed by atoms with Crippen LogP contribution in [-0.2, 0) is 0 Å². The Kier molecular flexibility index (Phi) is 4.27. The Bertz CT molecular complexity index is 613. The van der Waals surface area contributed by atoms with Gasteiger partial charge in [-0.15, -0.1) is 0 Å². The quantitative estimate of drug-likeness (QED) is 0.669. The Morgan fingerprint density at radius 2 is 1.80 bits per heavy atom. The van der Waals surface area contributed by atoms with Crippen LogP contribution in [0.4, 0.5) is 11.6 Å². The molecular weight excluding hydrogens is 384 g/mol. The molecule has 1 aromatic heterocycles. The average molecular weight is 398 g/mol. The van der Waals surface area contributed by atoms with Gasteiger partial charge in [-0.3, -0.25) is 4.99 Å². The predicted molar refractivity (Wildman–Crippen MR) is 89.3 cm³/mol. The minimum atomic E-state index is 0.765. The molecule has 0 aliphatic carbocycles. The van der Waals surface area contributed by atoms with Crippen molar-refractivity contribution in [2.45, 2.75) is 12.8 Å². The van der Waals surface area contributed by atoms with Gasteiger partial charge in [0.1, 0.15) is 5.76 Å². The third-order valence-corrected chi connectivity index (χ3v) is 4.35. The normalized spacial score (nSPS) is 15.4. The van der Waals surface area contributed by atoms with Crippen LogP contribution in [0.25, 0.3) is 0 Å². The van der Waals surface area contributed by atoms with Crippen LogP contribution in [0.2, 0.25) is 0 Å². The number of benzene rings is 1. The highest BCUT2D eigenvalue weighted by Gasteiger charge is 2.19. The molecule has 0 N–H and O–H groups in total. The molecule has 0 radical (unpaired) electrons. The zero-order valence-corrected chi connectivity index (χ0v) is 14.0. The largest absolute Gasteiger partial charge is 0.438 e. The molecule has 0 bridgehead atoms. The first-order chi connectivity index (χ1) is 9.72. The van der Waals surface area contributed by atoms with E-state index in [-0.39, 0.29) is 0 Å². The number of furan rings is 1. The number of nitrogens with zero attached hydrogens (tertiary/aromatic N) is 2. The number of rotatable bonds is 3. The van der Waals surface area contributed by atoms with Gasteiger partial charge in [-0.2, -0.15) is 0 Å². The molecule has 1 aromatic carbocycles. The molecule has 1 fully saturated rings. The zero-order chi connectivity index (χ0) is 13.9. The Hall–Kier alpha value is -1.07. The van der Waals surface area contributed by atoms with Gasteiger partial charge in [0.25, 0.3) is 0 Å². The molecule has 5 heteroatoms. The fraction of sp³-hybridized carbons (Fsp3) is 0.267. The van der Waals surface area contributed by atoms with Crippen LogP contribution in [0.5, 0.6) is 0 Å². The molecule has 0 spiro atoms. The van der Waals surface area contributed by atoms with Gasteiger partial charge in [0.05, 0.1) is 16.4 Å². The van der Waals surface area contributed by atoms with Crippen molar-refractivity contribution in [3.8, 4) is 0 Å². The SMILES string of the molecule is Brc1ccc(N=Cc2cc(Br)c(N3CCCC3)o2)cc1. The molecule has 0 unspecified atom stereocenters. The van der Waals surface area contributed by atoms with Crippen LogP contribution >= 0.6 is 31.9 Å². The Morgan fingerprint density at radius 3 is 2.50 bits per heavy atom. The fourth-order valence-electron chi connectivity index (χ4n) is 2.24. The molecule has 104 valence electrons. The van der Waals surface area contributed by atoms with Gasteiger partial charge in [0.15, 0.2) is 0 Å². The monoisotopic (exact) mass is 396 g/mol. The molecule has 0 amide bonds. The highest BCUT2D eigenvalue weighted by Crippen LogP contribution is 2.32. The summed E-state index contributed by atoms with van der Waals surface area (Å²) in [6.45, 7) is 2.13. The minimum absolute atomic E-state index is 0.765. The topological polar surface area (TPSA) is 28.7 Å². The second kappa shape index (κ2) is 6.14. The molecule has 2 aromatic rings. The van der Waals surface area contributed by atoms with E-state index in [9.17, 15) is 0 Å². The molecule has 3 rings (SSSR count). The van der Waals surface area contributed by atoms with Gasteiger partial charge in [-0.25, -0.2) is 0 Å². The second-order valence-corrected chi connectivity index (χ2v) is 6.50. The van der Waals surface area contributed by atoms with E-state index >= 15 is 0 Å². The van der Waals surface area contributed by atoms with E-state index < -0.39 is 0 Å². The summed E-state index contributed by atoms with van der Waals surface area (Å²) >= 11 is 6.97. The molecule has 1 saturated heterocycles. The third-order valence-electron chi connectivity index (χ3n) is 3.25. The molecular formula is C15H14Br2N2O. The van der Waals surface area contributed by atoms with Crippen LogP contribution in [0.15, 0.2) is 48.7 Å². The molecule has 0 atom stereocenters. The van der Waals surface area contributed by atoms with Crippen LogP contribution in [0, 0.1) is 0 Å². The van der Waals surface area contributed by atoms with Crippen molar-refractivity contribution in [2.24, 2.45) is 4.99 Å². The summed E-state index contributed by atoms with van der Waals surface area (Å²) in [4.78, 5) is 6.68. The maximum Gasteiger partial charge on any atom is 0.210 e. The first-order valence-corrected chi connectivity index (χ1v) is 8.15. The van der Waals surface area contributed by atoms with Crippen LogP contribution in [0.3, 0.4) is 0 Å². The molecule has 20 heavy (non-hydrogen) atoms. The maximum atomic E-state index is 5.86. The summed E-state index contributed by atoms with van der Waals surface area (Å²) < 4.78 is 7.91. The van der Waals surface area contributed by atoms with E-state index in [0.717, 1.165) is 39.4 Å². The zero-order valence-electron chi connectivity index (χ0n) is 10.9. The van der Waals surface area contributed by atoms with E-state index in [1.807, 2.05) is 30.3 Å². The second-order valence-electron chi connectivity index (χ2n) is 4.73. The van der Waals surface area contributed by atoms with Crippen molar-refractivity contribution in [1.82, 2.24) is 0 Å². The minimum Gasteiger partial charge on any atom is -0.438 e. The maximum absolute atomic E-state index is 5.86. The fourth-order valence-corrected chi connectivity index (χ4v) is 3.06. The van der Waals surface area contributed by atoms with Gasteiger partial charge in [-0.05, 0) is 53.0 Å². The van der Waals surface area contributed by atoms with E-state index in [1.54, 1.807) is 6.21 Å². The van der Waals surface area contributed by atoms with Crippen LogP contribution in [-0.4, -0.2) is 19.3 Å². The van der Waals surface area contributed by atoms with Crippen molar-refractivity contribution in [3.05, 3.63) is 45.0 Å². The van der Waals surface area contributed by atoms with E-state index in [1.165, 1.54) is 12.8 Å². The third kappa shape index (κ3) is 3.15. The lowest BCUT2D eigenvalue weighted by Crippen LogP contribution is -2.17. The van der Waals surface area contributed by atoms with Gasteiger partial charge in [0, 0.05) is 23.6 Å². The Labute approximate surface area is 134 Å². The summed E-state index contributed by atoms with van der Waals surface area (Å²) in [7, 11) is 0. The predicted octanol–water partition coefficient (Wildman–Crippen LogP) is 5.16. The molecule has 1 aliphatic heterocycles. The summed E-state index contributed by atoms with van der Waals surface area (Å²) in [5.74, 6) is 1.68. The number of hydrogen-bond donors (Lipinski definition) is 0. The lowest BCUT2D eigenvalue weighted by molar-refractivity contribution is 0.549. The smallest absolute Gasteiger partial charge is 0.210 e. The summed E-state index contributed by atoms with van der Waals surface area (Å²) in [5.41, 5.74) is 0.906. The molecule has 3 nitrogen and oxygen atoms in total. The van der Waals surface area contributed by atoms with Gasteiger partial charge >= 0.3 is 0 Å². The summed E-state index contributed by atoms with van der Waals surface area (Å²) in [6, 6.07) is 9.83. The van der Waals surface area contributed by atoms with Gasteiger partial charge in [-0.1, -0.05) is 15.9 Å². The van der Waals surface area contributed by atoms with Crippen LogP contribution in [0.1, 0.15) is 18.6 Å². The lowest BCUT2D eigenvalue weighted by atomic mass is 10.3. The van der Waals surface area contributed by atoms with Gasteiger partial charge < -0.3 is 9.32 Å². The number of aliphatic imine (C=N–C) groups is 1. The van der Waals surface area contributed by atoms with E-state index in [4.69, 9.17) is 4.42 Å². The number of halogens is 2. The Balaban J connectivity index is 1.77. The summed E-state index contributed by atoms with van der Waals surface area (Å²) in [5, 5.41) is 0. The van der Waals surface area contributed by atoms with Gasteiger partial charge in [0.2, 0.25) is 5.88 Å². The Morgan fingerprint density at radius 1 is 1.10 bits per heavy atom. The molecule has 2 heterocycles. The first-order valence-electron chi connectivity index (χ1n) is 6.56. The van der Waals surface area contributed by atoms with Crippen molar-refractivity contribution < 1.29 is 4.42 Å². The van der Waals surface area contributed by atoms with E-state index in [2.05, 4.69) is 41.8 Å². The molecule has 1 aliphatic rings. The van der Waals surface area contributed by atoms with Crippen LogP contribution < -0.4 is 4.90 Å². The number of hydrogen-bond acceptors (Lipinski definition) is 3. The van der Waals surface area contributed by atoms with Crippen molar-refractivity contribution in [3.63, 3.8) is 0 Å². The van der Waals surface area contributed by atoms with Crippen molar-refractivity contribution in [2.75, 3.05) is 18.0 Å². The van der Waals surface area contributed by atoms with Crippen molar-refractivity contribution in [1.29, 1.82) is 0 Å². The van der Waals surface area contributed by atoms with Crippen molar-refractivity contribution >= 4 is 49.6 Å². The standard InChI is InChI=1S/C15H14Br2N2O/c16-11-3-5-12(6-4-11)18-10-13-9-14(17)15(20-13)19-7-1-2-8-19/h3-6,9-10H,1-2,7-8H2. The lowest BCUT2D eigenvalue weighted by Gasteiger charge is -2.13. The summed E-state index contributed by atoms with van der Waals surface area (Å²) in [6.07, 6.45) is 4.22. The highest BCUT2D eigenvalue weighted by molar-refractivity contribution is 9.10.